The first-order valence-corrected chi connectivity index (χ1v) is 12.1. The van der Waals surface area contributed by atoms with Crippen molar-refractivity contribution in [2.45, 2.75) is 37.3 Å². The lowest BCUT2D eigenvalue weighted by Gasteiger charge is -2.28. The van der Waals surface area contributed by atoms with E-state index in [0.29, 0.717) is 19.0 Å². The van der Waals surface area contributed by atoms with Crippen molar-refractivity contribution in [2.24, 2.45) is 0 Å². The van der Waals surface area contributed by atoms with E-state index >= 15 is 0 Å². The Morgan fingerprint density at radius 2 is 1.68 bits per heavy atom. The summed E-state index contributed by atoms with van der Waals surface area (Å²) in [6, 6.07) is 6.97. The number of halogens is 3. The number of carboxylic acids is 1. The molecule has 2 N–H and O–H groups in total. The number of carboxylic acid groups (broad SMARTS) is 1. The van der Waals surface area contributed by atoms with E-state index in [-0.39, 0.29) is 36.9 Å². The highest BCUT2D eigenvalue weighted by Crippen LogP contribution is 2.20. The quantitative estimate of drug-likeness (QED) is 0.520. The maximum atomic E-state index is 13.0. The van der Waals surface area contributed by atoms with Crippen LogP contribution in [-0.4, -0.2) is 93.8 Å². The molecule has 1 aromatic rings. The fourth-order valence-corrected chi connectivity index (χ4v) is 4.44. The van der Waals surface area contributed by atoms with E-state index in [1.807, 2.05) is 12.1 Å². The van der Waals surface area contributed by atoms with E-state index in [4.69, 9.17) is 14.6 Å². The maximum absolute atomic E-state index is 13.0. The zero-order chi connectivity index (χ0) is 25.9. The number of aliphatic carboxylic acids is 1. The highest BCUT2D eigenvalue weighted by atomic mass is 32.2. The third-order valence-electron chi connectivity index (χ3n) is 5.02. The number of hydrogen-bond donors (Lipinski definition) is 2. The lowest BCUT2D eigenvalue weighted by Crippen LogP contribution is -2.47. The molecule has 0 radical (unpaired) electrons. The first kappa shape index (κ1) is 29.8. The van der Waals surface area contributed by atoms with Gasteiger partial charge in [0.2, 0.25) is 15.9 Å². The van der Waals surface area contributed by atoms with Crippen molar-refractivity contribution in [2.75, 3.05) is 53.0 Å². The van der Waals surface area contributed by atoms with Crippen molar-refractivity contribution in [3.63, 3.8) is 0 Å². The molecule has 0 saturated carbocycles. The van der Waals surface area contributed by atoms with Crippen LogP contribution in [0.2, 0.25) is 0 Å². The fourth-order valence-electron chi connectivity index (χ4n) is 3.01. The highest BCUT2D eigenvalue weighted by Gasteiger charge is 2.38. The summed E-state index contributed by atoms with van der Waals surface area (Å²) in [5, 5.41) is 10.3. The molecule has 1 aliphatic rings. The molecule has 2 rings (SSSR count). The van der Waals surface area contributed by atoms with Crippen LogP contribution in [0.1, 0.15) is 31.7 Å². The van der Waals surface area contributed by atoms with Crippen LogP contribution in [0.25, 0.3) is 0 Å². The summed E-state index contributed by atoms with van der Waals surface area (Å²) in [6.45, 7) is 7.68. The molecule has 34 heavy (non-hydrogen) atoms. The SMILES string of the molecule is COCCN(CCC(=O)N1CCNCC1)S(=O)(=O)c1ccc(C(C)C)cc1.O=C(O)C(F)(F)F. The number of nitrogens with one attached hydrogen (secondary N) is 1. The van der Waals surface area contributed by atoms with Gasteiger partial charge < -0.3 is 20.1 Å². The van der Waals surface area contributed by atoms with Gasteiger partial charge in [0.15, 0.2) is 0 Å². The normalized spacial score (nSPS) is 14.6. The Morgan fingerprint density at radius 1 is 1.15 bits per heavy atom. The van der Waals surface area contributed by atoms with Gasteiger partial charge in [-0.05, 0) is 23.6 Å². The zero-order valence-corrected chi connectivity index (χ0v) is 20.3. The minimum absolute atomic E-state index is 0.00993. The summed E-state index contributed by atoms with van der Waals surface area (Å²) in [5.41, 5.74) is 1.09. The molecule has 0 aliphatic carbocycles. The minimum atomic E-state index is -5.08. The molecular formula is C21H32F3N3O6S. The van der Waals surface area contributed by atoms with Crippen LogP contribution in [0, 0.1) is 0 Å². The van der Waals surface area contributed by atoms with Gasteiger partial charge in [0.05, 0.1) is 11.5 Å². The van der Waals surface area contributed by atoms with E-state index in [9.17, 15) is 26.4 Å². The van der Waals surface area contributed by atoms with E-state index < -0.39 is 22.2 Å². The highest BCUT2D eigenvalue weighted by molar-refractivity contribution is 7.89. The van der Waals surface area contributed by atoms with Crippen molar-refractivity contribution in [3.8, 4) is 0 Å². The van der Waals surface area contributed by atoms with Gasteiger partial charge in [-0.1, -0.05) is 26.0 Å². The van der Waals surface area contributed by atoms with Crippen LogP contribution in [0.4, 0.5) is 13.2 Å². The zero-order valence-electron chi connectivity index (χ0n) is 19.5. The lowest BCUT2D eigenvalue weighted by atomic mass is 10.0. The largest absolute Gasteiger partial charge is 0.490 e. The van der Waals surface area contributed by atoms with Gasteiger partial charge in [-0.25, -0.2) is 13.2 Å². The summed E-state index contributed by atoms with van der Waals surface area (Å²) in [7, 11) is -2.14. The number of piperazine rings is 1. The first-order chi connectivity index (χ1) is 15.8. The summed E-state index contributed by atoms with van der Waals surface area (Å²) in [6.07, 6.45) is -4.91. The predicted molar refractivity (Wildman–Crippen MR) is 119 cm³/mol. The average Bonchev–Trinajstić information content (AvgIpc) is 2.79. The Balaban J connectivity index is 0.000000718. The standard InChI is InChI=1S/C19H31N3O4S.C2HF3O2/c1-16(2)17-4-6-18(7-5-17)27(24,25)22(14-15-26-3)11-8-19(23)21-12-9-20-10-13-21;3-2(4,5)1(6)7/h4-7,16,20H,8-15H2,1-3H3;(H,6,7). The van der Waals surface area contributed by atoms with Gasteiger partial charge in [0, 0.05) is 52.8 Å². The number of amides is 1. The Morgan fingerprint density at radius 3 is 2.12 bits per heavy atom. The average molecular weight is 512 g/mol. The van der Waals surface area contributed by atoms with Crippen molar-refractivity contribution in [3.05, 3.63) is 29.8 Å². The topological polar surface area (TPSA) is 116 Å². The Labute approximate surface area is 197 Å². The fraction of sp³-hybridized carbons (Fsp3) is 0.619. The number of sulfonamides is 1. The third-order valence-corrected chi connectivity index (χ3v) is 6.93. The van der Waals surface area contributed by atoms with Crippen LogP contribution in [0.5, 0.6) is 0 Å². The number of nitrogens with zero attached hydrogens (tertiary/aromatic N) is 2. The first-order valence-electron chi connectivity index (χ1n) is 10.7. The molecular weight excluding hydrogens is 479 g/mol. The number of hydrogen-bond acceptors (Lipinski definition) is 6. The molecule has 1 aromatic carbocycles. The third kappa shape index (κ3) is 9.57. The van der Waals surface area contributed by atoms with Gasteiger partial charge in [0.25, 0.3) is 0 Å². The summed E-state index contributed by atoms with van der Waals surface area (Å²) in [4.78, 5) is 23.3. The number of benzene rings is 1. The maximum Gasteiger partial charge on any atom is 0.490 e. The van der Waals surface area contributed by atoms with Gasteiger partial charge in [0.1, 0.15) is 0 Å². The summed E-state index contributed by atoms with van der Waals surface area (Å²) >= 11 is 0. The number of carbonyl (C=O) groups excluding carboxylic acids is 1. The minimum Gasteiger partial charge on any atom is -0.475 e. The van der Waals surface area contributed by atoms with Gasteiger partial charge in [-0.15, -0.1) is 0 Å². The molecule has 0 atom stereocenters. The van der Waals surface area contributed by atoms with Crippen LogP contribution >= 0.6 is 0 Å². The number of carbonyl (C=O) groups is 2. The molecule has 1 fully saturated rings. The van der Waals surface area contributed by atoms with Crippen LogP contribution < -0.4 is 5.32 Å². The van der Waals surface area contributed by atoms with Crippen LogP contribution in [-0.2, 0) is 24.3 Å². The molecule has 1 heterocycles. The second-order valence-corrected chi connectivity index (χ2v) is 9.74. The molecule has 1 saturated heterocycles. The van der Waals surface area contributed by atoms with Crippen LogP contribution in [0.3, 0.4) is 0 Å². The molecule has 194 valence electrons. The van der Waals surface area contributed by atoms with Crippen molar-refractivity contribution in [1.29, 1.82) is 0 Å². The summed E-state index contributed by atoms with van der Waals surface area (Å²) < 4.78 is 64.2. The van der Waals surface area contributed by atoms with E-state index in [2.05, 4.69) is 19.2 Å². The number of ether oxygens (including phenoxy) is 1. The predicted octanol–water partition coefficient (Wildman–Crippen LogP) is 1.90. The molecule has 1 aliphatic heterocycles. The molecule has 0 bridgehead atoms. The summed E-state index contributed by atoms with van der Waals surface area (Å²) in [5.74, 6) is -2.43. The molecule has 1 amide bonds. The molecule has 0 unspecified atom stereocenters. The second kappa shape index (κ2) is 13.6. The molecule has 13 heteroatoms. The monoisotopic (exact) mass is 511 g/mol. The second-order valence-electron chi connectivity index (χ2n) is 7.80. The van der Waals surface area contributed by atoms with Crippen molar-refractivity contribution >= 4 is 21.9 Å². The van der Waals surface area contributed by atoms with Gasteiger partial charge >= 0.3 is 12.1 Å². The molecule has 0 aromatic heterocycles. The Hall–Kier alpha value is -2.22. The number of methoxy groups -OCH3 is 1. The van der Waals surface area contributed by atoms with E-state index in [0.717, 1.165) is 18.7 Å². The lowest BCUT2D eigenvalue weighted by molar-refractivity contribution is -0.192. The van der Waals surface area contributed by atoms with Crippen molar-refractivity contribution < 1.29 is 41.0 Å². The van der Waals surface area contributed by atoms with Crippen molar-refractivity contribution in [1.82, 2.24) is 14.5 Å². The number of alkyl halides is 3. The number of rotatable bonds is 9. The molecule has 9 nitrogen and oxygen atoms in total. The van der Waals surface area contributed by atoms with Gasteiger partial charge in [-0.2, -0.15) is 17.5 Å². The van der Waals surface area contributed by atoms with E-state index in [1.165, 1.54) is 11.4 Å². The molecule has 0 spiro atoms. The Kier molecular flexibility index (Phi) is 11.9. The van der Waals surface area contributed by atoms with Crippen LogP contribution in [0.15, 0.2) is 29.2 Å². The smallest absolute Gasteiger partial charge is 0.475 e. The Bertz CT molecular complexity index is 886. The van der Waals surface area contributed by atoms with Gasteiger partial charge in [-0.3, -0.25) is 4.79 Å². The van der Waals surface area contributed by atoms with E-state index in [1.54, 1.807) is 17.0 Å².